The fourth-order valence-corrected chi connectivity index (χ4v) is 3.49. The number of carbonyl (C=O) groups excluding carboxylic acids is 2. The Labute approximate surface area is 194 Å². The summed E-state index contributed by atoms with van der Waals surface area (Å²) in [6.45, 7) is 3.88. The van der Waals surface area contributed by atoms with Crippen LogP contribution in [0.15, 0.2) is 42.0 Å². The number of hydrogen-bond donors (Lipinski definition) is 0. The van der Waals surface area contributed by atoms with Gasteiger partial charge in [-0.25, -0.2) is 9.59 Å². The van der Waals surface area contributed by atoms with Gasteiger partial charge < -0.3 is 18.9 Å². The van der Waals surface area contributed by atoms with Gasteiger partial charge in [-0.1, -0.05) is 29.8 Å². The summed E-state index contributed by atoms with van der Waals surface area (Å²) in [7, 11) is 1.51. The van der Waals surface area contributed by atoms with E-state index in [0.29, 0.717) is 22.1 Å². The molecular formula is C22H22ClIO6. The van der Waals surface area contributed by atoms with Gasteiger partial charge in [0.15, 0.2) is 11.5 Å². The lowest BCUT2D eigenvalue weighted by atomic mass is 10.1. The summed E-state index contributed by atoms with van der Waals surface area (Å²) >= 11 is 8.29. The first-order valence-corrected chi connectivity index (χ1v) is 10.7. The molecule has 0 heterocycles. The predicted octanol–water partition coefficient (Wildman–Crippen LogP) is 5.04. The van der Waals surface area contributed by atoms with Crippen molar-refractivity contribution >= 4 is 52.2 Å². The smallest absolute Gasteiger partial charge is 0.345 e. The van der Waals surface area contributed by atoms with E-state index in [9.17, 15) is 9.59 Å². The third kappa shape index (κ3) is 6.37. The largest absolute Gasteiger partial charge is 0.493 e. The van der Waals surface area contributed by atoms with E-state index in [0.717, 1.165) is 9.13 Å². The van der Waals surface area contributed by atoms with Gasteiger partial charge >= 0.3 is 11.9 Å². The topological polar surface area (TPSA) is 71.1 Å². The van der Waals surface area contributed by atoms with E-state index >= 15 is 0 Å². The molecule has 0 spiro atoms. The number of benzene rings is 2. The van der Waals surface area contributed by atoms with Gasteiger partial charge in [-0.15, -0.1) is 0 Å². The highest BCUT2D eigenvalue weighted by molar-refractivity contribution is 14.1. The van der Waals surface area contributed by atoms with Crippen molar-refractivity contribution in [1.82, 2.24) is 0 Å². The van der Waals surface area contributed by atoms with Crippen molar-refractivity contribution in [2.75, 3.05) is 20.3 Å². The molecule has 0 aliphatic carbocycles. The second-order valence-electron chi connectivity index (χ2n) is 5.91. The van der Waals surface area contributed by atoms with Gasteiger partial charge in [0.25, 0.3) is 0 Å². The molecule has 30 heavy (non-hydrogen) atoms. The summed E-state index contributed by atoms with van der Waals surface area (Å²) in [6, 6.07) is 10.8. The van der Waals surface area contributed by atoms with Crippen molar-refractivity contribution in [1.29, 1.82) is 0 Å². The summed E-state index contributed by atoms with van der Waals surface area (Å²) in [4.78, 5) is 24.4. The van der Waals surface area contributed by atoms with Crippen LogP contribution in [0.5, 0.6) is 11.5 Å². The zero-order valence-corrected chi connectivity index (χ0v) is 19.8. The monoisotopic (exact) mass is 544 g/mol. The molecule has 160 valence electrons. The highest BCUT2D eigenvalue weighted by Gasteiger charge is 2.22. The average Bonchev–Trinajstić information content (AvgIpc) is 2.72. The molecule has 0 bridgehead atoms. The quantitative estimate of drug-likeness (QED) is 0.145. The maximum Gasteiger partial charge on any atom is 0.345 e. The molecule has 0 aromatic heterocycles. The van der Waals surface area contributed by atoms with E-state index in [-0.39, 0.29) is 25.4 Å². The maximum absolute atomic E-state index is 12.2. The molecule has 0 fully saturated rings. The van der Waals surface area contributed by atoms with E-state index in [1.807, 2.05) is 18.2 Å². The number of methoxy groups -OCH3 is 1. The Morgan fingerprint density at radius 1 is 1.07 bits per heavy atom. The summed E-state index contributed by atoms with van der Waals surface area (Å²) in [5.41, 5.74) is 1.21. The number of ether oxygens (including phenoxy) is 4. The molecule has 2 aromatic carbocycles. The Hall–Kier alpha value is -2.26. The molecule has 0 unspecified atom stereocenters. The van der Waals surface area contributed by atoms with Crippen LogP contribution in [0.25, 0.3) is 6.08 Å². The number of rotatable bonds is 9. The minimum absolute atomic E-state index is 0.144. The Bertz CT molecular complexity index is 921. The van der Waals surface area contributed by atoms with Gasteiger partial charge in [0.05, 0.1) is 23.9 Å². The lowest BCUT2D eigenvalue weighted by molar-refractivity contribution is -0.146. The molecule has 6 nitrogen and oxygen atoms in total. The van der Waals surface area contributed by atoms with Gasteiger partial charge in [-0.05, 0) is 66.3 Å². The molecule has 2 aromatic rings. The first-order chi connectivity index (χ1) is 14.4. The predicted molar refractivity (Wildman–Crippen MR) is 123 cm³/mol. The zero-order chi connectivity index (χ0) is 22.1. The first-order valence-electron chi connectivity index (χ1n) is 9.20. The maximum atomic E-state index is 12.2. The third-order valence-corrected chi connectivity index (χ3v) is 5.05. The third-order valence-electron chi connectivity index (χ3n) is 3.88. The van der Waals surface area contributed by atoms with E-state index in [1.54, 1.807) is 32.0 Å². The van der Waals surface area contributed by atoms with Crippen molar-refractivity contribution in [2.24, 2.45) is 0 Å². The molecular weight excluding hydrogens is 523 g/mol. The number of hydrogen-bond acceptors (Lipinski definition) is 6. The molecule has 8 heteroatoms. The van der Waals surface area contributed by atoms with Crippen LogP contribution in [0.3, 0.4) is 0 Å². The average molecular weight is 545 g/mol. The van der Waals surface area contributed by atoms with Gasteiger partial charge in [-0.3, -0.25) is 0 Å². The Morgan fingerprint density at radius 2 is 1.70 bits per heavy atom. The number of halogens is 2. The Morgan fingerprint density at radius 3 is 2.27 bits per heavy atom. The molecule has 0 N–H and O–H groups in total. The van der Waals surface area contributed by atoms with Gasteiger partial charge in [0.1, 0.15) is 12.2 Å². The van der Waals surface area contributed by atoms with Crippen molar-refractivity contribution < 1.29 is 28.5 Å². The molecule has 0 radical (unpaired) electrons. The minimum atomic E-state index is -0.746. The van der Waals surface area contributed by atoms with Gasteiger partial charge in [0, 0.05) is 10.6 Å². The molecule has 0 aliphatic rings. The summed E-state index contributed by atoms with van der Waals surface area (Å²) in [5.74, 6) is -0.510. The lowest BCUT2D eigenvalue weighted by Crippen LogP contribution is -2.18. The SMILES string of the molecule is CCOC(=O)C(=Cc1cc(I)c(OCc2ccccc2Cl)c(OC)c1)C(=O)OCC. The van der Waals surface area contributed by atoms with Crippen LogP contribution in [0.1, 0.15) is 25.0 Å². The molecule has 0 amide bonds. The highest BCUT2D eigenvalue weighted by atomic mass is 127. The van der Waals surface area contributed by atoms with Crippen LogP contribution in [-0.4, -0.2) is 32.3 Å². The van der Waals surface area contributed by atoms with Gasteiger partial charge in [-0.2, -0.15) is 0 Å². The number of esters is 2. The lowest BCUT2D eigenvalue weighted by Gasteiger charge is -2.14. The van der Waals surface area contributed by atoms with E-state index in [2.05, 4.69) is 22.6 Å². The standard InChI is InChI=1S/C22H22ClIO6/c1-4-28-21(25)16(22(26)29-5-2)10-14-11-18(24)20(19(12-14)27-3)30-13-15-8-6-7-9-17(15)23/h6-12H,4-5,13H2,1-3H3. The number of carbonyl (C=O) groups is 2. The van der Waals surface area contributed by atoms with Crippen LogP contribution >= 0.6 is 34.2 Å². The van der Waals surface area contributed by atoms with Crippen LogP contribution in [0.4, 0.5) is 0 Å². The summed E-state index contributed by atoms with van der Waals surface area (Å²) in [6.07, 6.45) is 1.42. The Kier molecular flexibility index (Phi) is 9.45. The van der Waals surface area contributed by atoms with Crippen LogP contribution < -0.4 is 9.47 Å². The highest BCUT2D eigenvalue weighted by Crippen LogP contribution is 2.35. The molecule has 2 rings (SSSR count). The second kappa shape index (κ2) is 11.8. The molecule has 0 aliphatic heterocycles. The first kappa shape index (κ1) is 24.0. The zero-order valence-electron chi connectivity index (χ0n) is 16.9. The van der Waals surface area contributed by atoms with Crippen molar-refractivity contribution in [3.05, 3.63) is 61.7 Å². The molecule has 0 atom stereocenters. The van der Waals surface area contributed by atoms with Crippen LogP contribution in [-0.2, 0) is 25.7 Å². The minimum Gasteiger partial charge on any atom is -0.493 e. The fraction of sp³-hybridized carbons (Fsp3) is 0.273. The second-order valence-corrected chi connectivity index (χ2v) is 7.48. The van der Waals surface area contributed by atoms with Crippen LogP contribution in [0.2, 0.25) is 5.02 Å². The molecule has 0 saturated carbocycles. The van der Waals surface area contributed by atoms with Crippen LogP contribution in [0, 0.1) is 3.57 Å². The summed E-state index contributed by atoms with van der Waals surface area (Å²) in [5, 5.41) is 0.611. The van der Waals surface area contributed by atoms with E-state index in [4.69, 9.17) is 30.5 Å². The fourth-order valence-electron chi connectivity index (χ4n) is 2.51. The van der Waals surface area contributed by atoms with E-state index in [1.165, 1.54) is 13.2 Å². The van der Waals surface area contributed by atoms with E-state index < -0.39 is 11.9 Å². The van der Waals surface area contributed by atoms with Crippen molar-refractivity contribution in [3.8, 4) is 11.5 Å². The van der Waals surface area contributed by atoms with Crippen molar-refractivity contribution in [3.63, 3.8) is 0 Å². The Balaban J connectivity index is 2.36. The normalized spacial score (nSPS) is 10.2. The van der Waals surface area contributed by atoms with Crippen molar-refractivity contribution in [2.45, 2.75) is 20.5 Å². The summed E-state index contributed by atoms with van der Waals surface area (Å²) < 4.78 is 22.1. The van der Waals surface area contributed by atoms with Gasteiger partial charge in [0.2, 0.25) is 0 Å². The molecule has 0 saturated heterocycles.